The number of rotatable bonds is 5. The van der Waals surface area contributed by atoms with Gasteiger partial charge in [-0.1, -0.05) is 30.3 Å². The van der Waals surface area contributed by atoms with Crippen LogP contribution in [0.2, 0.25) is 0 Å². The molecule has 1 aliphatic carbocycles. The molecule has 4 aromatic rings. The highest BCUT2D eigenvalue weighted by atomic mass is 32.1. The average molecular weight is 433 g/mol. The van der Waals surface area contributed by atoms with Crippen LogP contribution < -0.4 is 16.0 Å². The molecule has 5 rings (SSSR count). The van der Waals surface area contributed by atoms with Crippen molar-refractivity contribution in [2.45, 2.75) is 38.6 Å². The Morgan fingerprint density at radius 1 is 0.968 bits per heavy atom. The quantitative estimate of drug-likeness (QED) is 0.471. The monoisotopic (exact) mass is 432 g/mol. The van der Waals surface area contributed by atoms with Crippen molar-refractivity contribution in [1.82, 2.24) is 9.13 Å². The number of aromatic nitrogens is 2. The summed E-state index contributed by atoms with van der Waals surface area (Å²) < 4.78 is 8.37. The second kappa shape index (κ2) is 8.19. The summed E-state index contributed by atoms with van der Waals surface area (Å²) in [5.41, 5.74) is 2.40. The van der Waals surface area contributed by atoms with Crippen LogP contribution >= 0.6 is 11.3 Å². The first-order valence-corrected chi connectivity index (χ1v) is 11.5. The molecule has 0 spiro atoms. The minimum absolute atomic E-state index is 0.208. The third-order valence-corrected chi connectivity index (χ3v) is 7.35. The van der Waals surface area contributed by atoms with Gasteiger partial charge in [0.1, 0.15) is 10.6 Å². The predicted octanol–water partition coefficient (Wildman–Crippen LogP) is 4.34. The smallest absolute Gasteiger partial charge is 0.336 e. The van der Waals surface area contributed by atoms with Gasteiger partial charge in [-0.3, -0.25) is 9.36 Å². The van der Waals surface area contributed by atoms with E-state index in [-0.39, 0.29) is 11.2 Å². The molecule has 2 aromatic heterocycles. The molecule has 31 heavy (non-hydrogen) atoms. The van der Waals surface area contributed by atoms with E-state index in [0.717, 1.165) is 47.9 Å². The summed E-state index contributed by atoms with van der Waals surface area (Å²) in [6.07, 6.45) is 4.86. The molecule has 0 bridgehead atoms. The highest BCUT2D eigenvalue weighted by molar-refractivity contribution is 7.18. The van der Waals surface area contributed by atoms with Crippen molar-refractivity contribution in [1.29, 1.82) is 0 Å². The minimum atomic E-state index is -0.280. The highest BCUT2D eigenvalue weighted by Crippen LogP contribution is 2.34. The zero-order chi connectivity index (χ0) is 21.4. The van der Waals surface area contributed by atoms with E-state index in [4.69, 9.17) is 4.74 Å². The fourth-order valence-electron chi connectivity index (χ4n) is 4.41. The number of nitrogens with zero attached hydrogens (tertiary/aromatic N) is 2. The molecule has 6 heteroatoms. The van der Waals surface area contributed by atoms with Gasteiger partial charge in [0.25, 0.3) is 5.56 Å². The van der Waals surface area contributed by atoms with Gasteiger partial charge in [-0.15, -0.1) is 11.3 Å². The van der Waals surface area contributed by atoms with Gasteiger partial charge in [0.05, 0.1) is 18.2 Å². The summed E-state index contributed by atoms with van der Waals surface area (Å²) in [4.78, 5) is 29.3. The van der Waals surface area contributed by atoms with Gasteiger partial charge < -0.3 is 4.74 Å². The van der Waals surface area contributed by atoms with Crippen molar-refractivity contribution < 1.29 is 4.74 Å². The van der Waals surface area contributed by atoms with Gasteiger partial charge in [-0.25, -0.2) is 9.36 Å². The van der Waals surface area contributed by atoms with Crippen LogP contribution in [-0.2, 0) is 25.8 Å². The molecule has 1 aliphatic rings. The van der Waals surface area contributed by atoms with Crippen molar-refractivity contribution in [2.75, 3.05) is 7.11 Å². The summed E-state index contributed by atoms with van der Waals surface area (Å²) in [6, 6.07) is 17.3. The first-order valence-electron chi connectivity index (χ1n) is 10.7. The third kappa shape index (κ3) is 3.51. The van der Waals surface area contributed by atoms with E-state index in [1.165, 1.54) is 15.0 Å². The zero-order valence-electron chi connectivity index (χ0n) is 17.5. The van der Waals surface area contributed by atoms with Crippen molar-refractivity contribution in [3.8, 4) is 11.4 Å². The minimum Gasteiger partial charge on any atom is -0.497 e. The van der Waals surface area contributed by atoms with Crippen LogP contribution in [0, 0.1) is 0 Å². The molecule has 0 atom stereocenters. The summed E-state index contributed by atoms with van der Waals surface area (Å²) in [6.45, 7) is 0.537. The molecule has 2 heterocycles. The number of aryl methyl sites for hydroxylation is 4. The lowest BCUT2D eigenvalue weighted by molar-refractivity contribution is 0.414. The fourth-order valence-corrected chi connectivity index (χ4v) is 5.81. The third-order valence-electron chi connectivity index (χ3n) is 6.03. The second-order valence-corrected chi connectivity index (χ2v) is 8.98. The number of ether oxygens (including phenoxy) is 1. The normalized spacial score (nSPS) is 13.3. The lowest BCUT2D eigenvalue weighted by atomic mass is 9.97. The number of fused-ring (bicyclic) bond motifs is 3. The number of benzene rings is 2. The van der Waals surface area contributed by atoms with Crippen molar-refractivity contribution in [2.24, 2.45) is 0 Å². The molecule has 0 saturated heterocycles. The van der Waals surface area contributed by atoms with E-state index in [1.807, 2.05) is 18.2 Å². The highest BCUT2D eigenvalue weighted by Gasteiger charge is 2.24. The van der Waals surface area contributed by atoms with E-state index >= 15 is 0 Å². The van der Waals surface area contributed by atoms with Crippen LogP contribution in [0.15, 0.2) is 64.2 Å². The molecule has 2 aromatic carbocycles. The lowest BCUT2D eigenvalue weighted by Gasteiger charge is -2.14. The Bertz CT molecular complexity index is 1350. The summed E-state index contributed by atoms with van der Waals surface area (Å²) in [5, 5.41) is 0.725. The first kappa shape index (κ1) is 19.8. The molecule has 0 radical (unpaired) electrons. The van der Waals surface area contributed by atoms with Gasteiger partial charge in [0.2, 0.25) is 0 Å². The lowest BCUT2D eigenvalue weighted by Crippen LogP contribution is -2.39. The average Bonchev–Trinajstić information content (AvgIpc) is 3.20. The fraction of sp³-hybridized carbons (Fsp3) is 0.280. The Hall–Kier alpha value is -3.12. The predicted molar refractivity (Wildman–Crippen MR) is 125 cm³/mol. The maximum Gasteiger partial charge on any atom is 0.336 e. The summed E-state index contributed by atoms with van der Waals surface area (Å²) in [7, 11) is 1.60. The van der Waals surface area contributed by atoms with E-state index in [1.54, 1.807) is 47.3 Å². The van der Waals surface area contributed by atoms with Crippen LogP contribution in [0.1, 0.15) is 28.8 Å². The number of thiophene rings is 1. The van der Waals surface area contributed by atoms with Crippen molar-refractivity contribution in [3.63, 3.8) is 0 Å². The molecular weight excluding hydrogens is 408 g/mol. The molecule has 5 nitrogen and oxygen atoms in total. The Kier molecular flexibility index (Phi) is 5.24. The molecular formula is C25H24N2O3S. The van der Waals surface area contributed by atoms with Gasteiger partial charge in [0, 0.05) is 11.4 Å². The molecule has 0 amide bonds. The topological polar surface area (TPSA) is 53.2 Å². The Morgan fingerprint density at radius 3 is 2.45 bits per heavy atom. The van der Waals surface area contributed by atoms with Crippen LogP contribution in [0.25, 0.3) is 15.9 Å². The molecule has 0 saturated carbocycles. The largest absolute Gasteiger partial charge is 0.497 e. The number of hydrogen-bond acceptors (Lipinski definition) is 4. The Labute approximate surface area is 184 Å². The van der Waals surface area contributed by atoms with E-state index < -0.39 is 0 Å². The number of methoxy groups -OCH3 is 1. The molecule has 158 valence electrons. The van der Waals surface area contributed by atoms with Crippen LogP contribution in [0.4, 0.5) is 0 Å². The first-order chi connectivity index (χ1) is 15.2. The van der Waals surface area contributed by atoms with E-state index in [2.05, 4.69) is 12.1 Å². The van der Waals surface area contributed by atoms with Gasteiger partial charge in [-0.2, -0.15) is 0 Å². The van der Waals surface area contributed by atoms with Crippen LogP contribution in [-0.4, -0.2) is 16.2 Å². The van der Waals surface area contributed by atoms with Gasteiger partial charge in [-0.05, 0) is 67.5 Å². The second-order valence-electron chi connectivity index (χ2n) is 7.90. The van der Waals surface area contributed by atoms with Gasteiger partial charge in [0.15, 0.2) is 0 Å². The standard InChI is InChI=1S/C25H24N2O3S/c1-30-19-13-11-18(12-14-19)27-23(28)22-20-9-5-6-10-21(20)31-24(22)26(25(27)29)16-15-17-7-3-2-4-8-17/h2-4,7-8,11-14H,5-6,9-10,15-16H2,1H3. The van der Waals surface area contributed by atoms with Crippen molar-refractivity contribution in [3.05, 3.63) is 91.4 Å². The SMILES string of the molecule is COc1ccc(-n2c(=O)c3c4c(sc3n(CCc3ccccc3)c2=O)CCCC4)cc1. The molecule has 0 fully saturated rings. The molecule has 0 unspecified atom stereocenters. The van der Waals surface area contributed by atoms with E-state index in [0.29, 0.717) is 18.0 Å². The maximum atomic E-state index is 13.6. The van der Waals surface area contributed by atoms with E-state index in [9.17, 15) is 9.59 Å². The Morgan fingerprint density at radius 2 is 1.71 bits per heavy atom. The Balaban J connectivity index is 1.72. The van der Waals surface area contributed by atoms with Crippen LogP contribution in [0.3, 0.4) is 0 Å². The van der Waals surface area contributed by atoms with Crippen molar-refractivity contribution >= 4 is 21.6 Å². The summed E-state index contributed by atoms with van der Waals surface area (Å²) in [5.74, 6) is 0.690. The van der Waals surface area contributed by atoms with Gasteiger partial charge >= 0.3 is 5.69 Å². The number of hydrogen-bond donors (Lipinski definition) is 0. The molecule has 0 N–H and O–H groups in total. The van der Waals surface area contributed by atoms with Crippen LogP contribution in [0.5, 0.6) is 5.75 Å². The maximum absolute atomic E-state index is 13.6. The summed E-state index contributed by atoms with van der Waals surface area (Å²) >= 11 is 1.63. The zero-order valence-corrected chi connectivity index (χ0v) is 18.3. The molecule has 0 aliphatic heterocycles.